The van der Waals surface area contributed by atoms with Gasteiger partial charge in [0.2, 0.25) is 11.8 Å². The molecule has 0 aliphatic rings. The van der Waals surface area contributed by atoms with Crippen LogP contribution in [0.3, 0.4) is 0 Å². The van der Waals surface area contributed by atoms with E-state index < -0.39 is 0 Å². The van der Waals surface area contributed by atoms with Crippen LogP contribution in [-0.2, 0) is 6.42 Å². The number of oxazole rings is 3. The number of hydrogen-bond donors (Lipinski definition) is 0. The first-order valence-corrected chi connectivity index (χ1v) is 8.96. The summed E-state index contributed by atoms with van der Waals surface area (Å²) in [5.74, 6) is 0.887. The fourth-order valence-corrected chi connectivity index (χ4v) is 3.07. The number of aryl methyl sites for hydroxylation is 1. The molecule has 0 saturated carbocycles. The molecule has 0 N–H and O–H groups in total. The molecule has 3 aromatic rings. The molecule has 3 rings (SSSR count). The molecule has 6 nitrogen and oxygen atoms in total. The molecule has 3 heterocycles. The Labute approximate surface area is 158 Å². The van der Waals surface area contributed by atoms with E-state index in [0.29, 0.717) is 24.6 Å². The highest BCUT2D eigenvalue weighted by Gasteiger charge is 2.28. The SMILES string of the molecule is C=CC/C(=C(/c1ncco1)C(CC=C)c1cocn1)c1nc(CCC)co1. The van der Waals surface area contributed by atoms with Crippen molar-refractivity contribution in [2.45, 2.75) is 38.5 Å². The van der Waals surface area contributed by atoms with Gasteiger partial charge < -0.3 is 13.3 Å². The Morgan fingerprint density at radius 2 is 2.04 bits per heavy atom. The summed E-state index contributed by atoms with van der Waals surface area (Å²) in [5.41, 5.74) is 3.40. The third kappa shape index (κ3) is 4.16. The van der Waals surface area contributed by atoms with Crippen LogP contribution in [0.2, 0.25) is 0 Å². The van der Waals surface area contributed by atoms with Crippen molar-refractivity contribution in [3.05, 3.63) is 79.9 Å². The van der Waals surface area contributed by atoms with Gasteiger partial charge in [-0.2, -0.15) is 0 Å². The van der Waals surface area contributed by atoms with Crippen LogP contribution in [-0.4, -0.2) is 15.0 Å². The van der Waals surface area contributed by atoms with Crippen LogP contribution in [0, 0.1) is 0 Å². The maximum Gasteiger partial charge on any atom is 0.222 e. The second kappa shape index (κ2) is 8.98. The minimum absolute atomic E-state index is 0.156. The molecule has 140 valence electrons. The standard InChI is InChI=1S/C21H23N3O3/c1-4-7-15-12-27-20(24-15)17(9-6-3)19(21-22-10-11-26-21)16(8-5-2)18-13-25-14-23-18/h5-6,10-14,16H,2-4,7-9H2,1H3/b19-17-. The average molecular weight is 365 g/mol. The molecule has 0 radical (unpaired) electrons. The van der Waals surface area contributed by atoms with E-state index >= 15 is 0 Å². The van der Waals surface area contributed by atoms with Crippen LogP contribution in [0.25, 0.3) is 11.1 Å². The number of aromatic nitrogens is 3. The van der Waals surface area contributed by atoms with Crippen molar-refractivity contribution in [3.8, 4) is 0 Å². The first kappa shape index (κ1) is 18.6. The molecule has 27 heavy (non-hydrogen) atoms. The Bertz CT molecular complexity index is 889. The minimum Gasteiger partial charge on any atom is -0.451 e. The number of rotatable bonds is 10. The van der Waals surface area contributed by atoms with Crippen LogP contribution in [0.4, 0.5) is 0 Å². The van der Waals surface area contributed by atoms with Crippen molar-refractivity contribution in [1.82, 2.24) is 15.0 Å². The van der Waals surface area contributed by atoms with Gasteiger partial charge in [0.25, 0.3) is 0 Å². The summed E-state index contributed by atoms with van der Waals surface area (Å²) in [5, 5.41) is 0. The lowest BCUT2D eigenvalue weighted by Gasteiger charge is -2.18. The van der Waals surface area contributed by atoms with Crippen molar-refractivity contribution in [3.63, 3.8) is 0 Å². The summed E-state index contributed by atoms with van der Waals surface area (Å²) in [6, 6.07) is 0. The van der Waals surface area contributed by atoms with Gasteiger partial charge in [0.05, 0.1) is 17.6 Å². The van der Waals surface area contributed by atoms with Gasteiger partial charge >= 0.3 is 0 Å². The lowest BCUT2D eigenvalue weighted by molar-refractivity contribution is 0.527. The quantitative estimate of drug-likeness (QED) is 0.445. The van der Waals surface area contributed by atoms with Gasteiger partial charge in [0, 0.05) is 17.1 Å². The normalized spacial score (nSPS) is 13.2. The minimum atomic E-state index is -0.156. The summed E-state index contributed by atoms with van der Waals surface area (Å²) >= 11 is 0. The first-order chi connectivity index (χ1) is 13.3. The van der Waals surface area contributed by atoms with Crippen molar-refractivity contribution < 1.29 is 13.3 Å². The fourth-order valence-electron chi connectivity index (χ4n) is 3.07. The topological polar surface area (TPSA) is 78.1 Å². The van der Waals surface area contributed by atoms with E-state index in [-0.39, 0.29) is 5.92 Å². The molecule has 0 amide bonds. The monoisotopic (exact) mass is 365 g/mol. The largest absolute Gasteiger partial charge is 0.451 e. The Morgan fingerprint density at radius 1 is 1.15 bits per heavy atom. The molecule has 0 aromatic carbocycles. The zero-order valence-corrected chi connectivity index (χ0v) is 15.4. The van der Waals surface area contributed by atoms with E-state index in [1.807, 2.05) is 12.2 Å². The third-order valence-corrected chi connectivity index (χ3v) is 4.21. The van der Waals surface area contributed by atoms with Gasteiger partial charge in [0.15, 0.2) is 6.39 Å². The smallest absolute Gasteiger partial charge is 0.222 e. The second-order valence-electron chi connectivity index (χ2n) is 6.11. The molecule has 1 atom stereocenters. The molecule has 0 bridgehead atoms. The second-order valence-corrected chi connectivity index (χ2v) is 6.11. The molecule has 0 fully saturated rings. The van der Waals surface area contributed by atoms with Crippen molar-refractivity contribution >= 4 is 11.1 Å². The summed E-state index contributed by atoms with van der Waals surface area (Å²) < 4.78 is 16.7. The predicted octanol–water partition coefficient (Wildman–Crippen LogP) is 5.45. The average Bonchev–Trinajstić information content (AvgIpc) is 3.43. The van der Waals surface area contributed by atoms with Crippen LogP contribution in [0.5, 0.6) is 0 Å². The van der Waals surface area contributed by atoms with E-state index in [4.69, 9.17) is 13.3 Å². The molecule has 0 spiro atoms. The summed E-state index contributed by atoms with van der Waals surface area (Å²) in [7, 11) is 0. The lowest BCUT2D eigenvalue weighted by atomic mass is 9.87. The van der Waals surface area contributed by atoms with Crippen molar-refractivity contribution in [2.24, 2.45) is 0 Å². The van der Waals surface area contributed by atoms with Crippen LogP contribution >= 0.6 is 0 Å². The van der Waals surface area contributed by atoms with Gasteiger partial charge in [-0.1, -0.05) is 25.5 Å². The Morgan fingerprint density at radius 3 is 2.67 bits per heavy atom. The number of nitrogens with zero attached hydrogens (tertiary/aromatic N) is 3. The lowest BCUT2D eigenvalue weighted by Crippen LogP contribution is -2.06. The Kier molecular flexibility index (Phi) is 6.20. The van der Waals surface area contributed by atoms with Crippen LogP contribution in [0.15, 0.2) is 69.9 Å². The summed E-state index contributed by atoms with van der Waals surface area (Å²) in [4.78, 5) is 13.4. The first-order valence-electron chi connectivity index (χ1n) is 8.96. The van der Waals surface area contributed by atoms with E-state index in [1.54, 1.807) is 25.0 Å². The van der Waals surface area contributed by atoms with Gasteiger partial charge in [0.1, 0.15) is 18.8 Å². The number of allylic oxidation sites excluding steroid dienone is 4. The molecule has 0 aliphatic carbocycles. The number of hydrogen-bond acceptors (Lipinski definition) is 6. The molecule has 0 aliphatic heterocycles. The molecular weight excluding hydrogens is 342 g/mol. The molecule has 1 unspecified atom stereocenters. The molecule has 6 heteroatoms. The van der Waals surface area contributed by atoms with Gasteiger partial charge in [-0.3, -0.25) is 0 Å². The van der Waals surface area contributed by atoms with E-state index in [0.717, 1.165) is 35.4 Å². The maximum absolute atomic E-state index is 5.80. The molecular formula is C21H23N3O3. The predicted molar refractivity (Wildman–Crippen MR) is 103 cm³/mol. The van der Waals surface area contributed by atoms with Crippen LogP contribution in [0.1, 0.15) is 55.3 Å². The molecule has 0 saturated heterocycles. The summed E-state index contributed by atoms with van der Waals surface area (Å²) in [6.07, 6.45) is 14.6. The fraction of sp³-hybridized carbons (Fsp3) is 0.286. The van der Waals surface area contributed by atoms with Gasteiger partial charge in [-0.15, -0.1) is 13.2 Å². The zero-order valence-electron chi connectivity index (χ0n) is 15.4. The van der Waals surface area contributed by atoms with E-state index in [9.17, 15) is 0 Å². The van der Waals surface area contributed by atoms with Crippen molar-refractivity contribution in [2.75, 3.05) is 0 Å². The van der Waals surface area contributed by atoms with E-state index in [1.165, 1.54) is 6.39 Å². The highest BCUT2D eigenvalue weighted by molar-refractivity contribution is 5.89. The maximum atomic E-state index is 5.80. The Balaban J connectivity index is 2.20. The highest BCUT2D eigenvalue weighted by atomic mass is 16.3. The third-order valence-electron chi connectivity index (χ3n) is 4.21. The molecule has 3 aromatic heterocycles. The van der Waals surface area contributed by atoms with Gasteiger partial charge in [-0.05, 0) is 19.3 Å². The summed E-state index contributed by atoms with van der Waals surface area (Å²) in [6.45, 7) is 9.89. The highest BCUT2D eigenvalue weighted by Crippen LogP contribution is 2.40. The van der Waals surface area contributed by atoms with E-state index in [2.05, 4.69) is 35.0 Å². The van der Waals surface area contributed by atoms with Crippen LogP contribution < -0.4 is 0 Å². The zero-order chi connectivity index (χ0) is 19.1. The van der Waals surface area contributed by atoms with Crippen molar-refractivity contribution in [1.29, 1.82) is 0 Å². The van der Waals surface area contributed by atoms with Gasteiger partial charge in [-0.25, -0.2) is 15.0 Å². The Hall–Kier alpha value is -3.15.